The van der Waals surface area contributed by atoms with E-state index in [1.807, 2.05) is 0 Å². The third-order valence-electron chi connectivity index (χ3n) is 3.25. The number of aliphatic hydroxyl groups is 1. The Morgan fingerprint density at radius 3 is 2.40 bits per heavy atom. The Morgan fingerprint density at radius 2 is 1.67 bits per heavy atom. The van der Waals surface area contributed by atoms with E-state index >= 15 is 0 Å². The molecule has 0 fully saturated rings. The van der Waals surface area contributed by atoms with Crippen LogP contribution in [0.2, 0.25) is 0 Å². The largest absolute Gasteiger partial charge is 0.385 e. The van der Waals surface area contributed by atoms with Gasteiger partial charge in [-0.2, -0.15) is 0 Å². The molecular weight excluding hydrogens is 184 g/mol. The second-order valence-corrected chi connectivity index (χ2v) is 4.64. The van der Waals surface area contributed by atoms with Crippen molar-refractivity contribution >= 4 is 0 Å². The molecule has 1 N–H and O–H groups in total. The van der Waals surface area contributed by atoms with Crippen molar-refractivity contribution in [1.82, 2.24) is 0 Å². The molecule has 86 valence electrons. The smallest absolute Gasteiger partial charge is 0.0859 e. The number of rotatable bonds is 1. The van der Waals surface area contributed by atoms with Crippen LogP contribution in [0, 0.1) is 0 Å². The average molecular weight is 208 g/mol. The summed E-state index contributed by atoms with van der Waals surface area (Å²) in [4.78, 5) is 0. The lowest BCUT2D eigenvalue weighted by Gasteiger charge is -2.23. The van der Waals surface area contributed by atoms with Crippen LogP contribution in [0.15, 0.2) is 24.8 Å². The van der Waals surface area contributed by atoms with Crippen LogP contribution < -0.4 is 0 Å². The third kappa shape index (κ3) is 5.17. The molecular formula is C14H24O. The molecule has 0 amide bonds. The van der Waals surface area contributed by atoms with Crippen LogP contribution in [0.5, 0.6) is 0 Å². The monoisotopic (exact) mass is 208 g/mol. The summed E-state index contributed by atoms with van der Waals surface area (Å²) < 4.78 is 0. The van der Waals surface area contributed by atoms with Gasteiger partial charge in [0.25, 0.3) is 0 Å². The van der Waals surface area contributed by atoms with Gasteiger partial charge in [-0.25, -0.2) is 0 Å². The lowest BCUT2D eigenvalue weighted by atomic mass is 9.91. The quantitative estimate of drug-likeness (QED) is 0.646. The van der Waals surface area contributed by atoms with E-state index < -0.39 is 5.60 Å². The molecule has 0 radical (unpaired) electrons. The fourth-order valence-electron chi connectivity index (χ4n) is 2.09. The molecule has 0 aromatic carbocycles. The second-order valence-electron chi connectivity index (χ2n) is 4.64. The van der Waals surface area contributed by atoms with Gasteiger partial charge in [0.1, 0.15) is 0 Å². The van der Waals surface area contributed by atoms with Crippen molar-refractivity contribution in [1.29, 1.82) is 0 Å². The van der Waals surface area contributed by atoms with Crippen LogP contribution in [-0.2, 0) is 0 Å². The van der Waals surface area contributed by atoms with Gasteiger partial charge in [-0.1, -0.05) is 50.3 Å². The molecule has 0 heterocycles. The van der Waals surface area contributed by atoms with Crippen molar-refractivity contribution < 1.29 is 5.11 Å². The van der Waals surface area contributed by atoms with Gasteiger partial charge in [0.2, 0.25) is 0 Å². The highest BCUT2D eigenvalue weighted by molar-refractivity contribution is 5.01. The zero-order chi connectivity index (χ0) is 11.0. The molecule has 1 rings (SSSR count). The second kappa shape index (κ2) is 6.84. The summed E-state index contributed by atoms with van der Waals surface area (Å²) in [5, 5.41) is 10.2. The first-order valence-electron chi connectivity index (χ1n) is 6.28. The van der Waals surface area contributed by atoms with E-state index in [0.717, 1.165) is 25.7 Å². The molecule has 0 aliphatic heterocycles. The molecule has 1 heteroatoms. The molecule has 0 spiro atoms. The summed E-state index contributed by atoms with van der Waals surface area (Å²) in [6.07, 6.45) is 16.5. The predicted molar refractivity (Wildman–Crippen MR) is 65.8 cm³/mol. The Kier molecular flexibility index (Phi) is 5.70. The molecule has 0 bridgehead atoms. The molecule has 0 aromatic heterocycles. The third-order valence-corrected chi connectivity index (χ3v) is 3.25. The Hall–Kier alpha value is -0.560. The maximum atomic E-state index is 10.2. The Morgan fingerprint density at radius 1 is 1.00 bits per heavy atom. The molecule has 0 aromatic rings. The summed E-state index contributed by atoms with van der Waals surface area (Å²) in [6.45, 7) is 3.74. The first kappa shape index (κ1) is 12.5. The minimum absolute atomic E-state index is 0.657. The lowest BCUT2D eigenvalue weighted by Crippen LogP contribution is -2.24. The molecule has 1 atom stereocenters. The van der Waals surface area contributed by atoms with Crippen LogP contribution >= 0.6 is 0 Å². The summed E-state index contributed by atoms with van der Waals surface area (Å²) in [5.41, 5.74) is -0.657. The van der Waals surface area contributed by atoms with Gasteiger partial charge in [-0.05, 0) is 25.7 Å². The van der Waals surface area contributed by atoms with E-state index in [4.69, 9.17) is 0 Å². The van der Waals surface area contributed by atoms with E-state index in [0.29, 0.717) is 0 Å². The van der Waals surface area contributed by atoms with E-state index in [1.165, 1.54) is 32.1 Å². The Bertz CT molecular complexity index is 207. The zero-order valence-electron chi connectivity index (χ0n) is 9.75. The van der Waals surface area contributed by atoms with Crippen LogP contribution in [0.25, 0.3) is 0 Å². The maximum absolute atomic E-state index is 10.2. The number of hydrogen-bond acceptors (Lipinski definition) is 1. The number of hydrogen-bond donors (Lipinski definition) is 1. The van der Waals surface area contributed by atoms with Crippen molar-refractivity contribution in [3.8, 4) is 0 Å². The van der Waals surface area contributed by atoms with Crippen LogP contribution in [0.1, 0.15) is 57.8 Å². The van der Waals surface area contributed by atoms with Crippen LogP contribution in [-0.4, -0.2) is 10.7 Å². The summed E-state index contributed by atoms with van der Waals surface area (Å²) >= 11 is 0. The summed E-state index contributed by atoms with van der Waals surface area (Å²) in [7, 11) is 0. The molecule has 1 aliphatic carbocycles. The lowest BCUT2D eigenvalue weighted by molar-refractivity contribution is 0.0817. The SMILES string of the molecule is C=CC1(O)CC=CCCCCCCCC1. The van der Waals surface area contributed by atoms with Crippen LogP contribution in [0.4, 0.5) is 0 Å². The highest BCUT2D eigenvalue weighted by atomic mass is 16.3. The number of allylic oxidation sites excluding steroid dienone is 1. The van der Waals surface area contributed by atoms with Crippen molar-refractivity contribution in [3.05, 3.63) is 24.8 Å². The van der Waals surface area contributed by atoms with E-state index in [2.05, 4.69) is 18.7 Å². The zero-order valence-corrected chi connectivity index (χ0v) is 9.75. The highest BCUT2D eigenvalue weighted by Gasteiger charge is 2.20. The first-order valence-corrected chi connectivity index (χ1v) is 6.28. The minimum Gasteiger partial charge on any atom is -0.385 e. The van der Waals surface area contributed by atoms with Crippen molar-refractivity contribution in [2.75, 3.05) is 0 Å². The van der Waals surface area contributed by atoms with Gasteiger partial charge in [-0.3, -0.25) is 0 Å². The van der Waals surface area contributed by atoms with Gasteiger partial charge >= 0.3 is 0 Å². The molecule has 0 saturated carbocycles. The van der Waals surface area contributed by atoms with Crippen molar-refractivity contribution in [3.63, 3.8) is 0 Å². The summed E-state index contributed by atoms with van der Waals surface area (Å²) in [6, 6.07) is 0. The fraction of sp³-hybridized carbons (Fsp3) is 0.714. The topological polar surface area (TPSA) is 20.2 Å². The van der Waals surface area contributed by atoms with Crippen LogP contribution in [0.3, 0.4) is 0 Å². The summed E-state index contributed by atoms with van der Waals surface area (Å²) in [5.74, 6) is 0. The average Bonchev–Trinajstić information content (AvgIpc) is 2.23. The highest BCUT2D eigenvalue weighted by Crippen LogP contribution is 2.22. The standard InChI is InChI=1S/C14H24O/c1-2-14(15)12-10-8-6-4-3-5-7-9-11-13-14/h2,8,10,15H,1,3-7,9,11-13H2. The predicted octanol–water partition coefficient (Wildman–Crippen LogP) is 3.98. The van der Waals surface area contributed by atoms with Gasteiger partial charge in [0.05, 0.1) is 5.60 Å². The molecule has 0 saturated heterocycles. The molecule has 1 aliphatic rings. The van der Waals surface area contributed by atoms with Gasteiger partial charge in [0.15, 0.2) is 0 Å². The molecule has 1 nitrogen and oxygen atoms in total. The van der Waals surface area contributed by atoms with Gasteiger partial charge in [0, 0.05) is 0 Å². The van der Waals surface area contributed by atoms with E-state index in [9.17, 15) is 5.11 Å². The fourth-order valence-corrected chi connectivity index (χ4v) is 2.09. The Balaban J connectivity index is 2.46. The van der Waals surface area contributed by atoms with Crippen molar-refractivity contribution in [2.24, 2.45) is 0 Å². The molecule has 1 unspecified atom stereocenters. The molecule has 15 heavy (non-hydrogen) atoms. The van der Waals surface area contributed by atoms with Crippen molar-refractivity contribution in [2.45, 2.75) is 63.4 Å². The van der Waals surface area contributed by atoms with E-state index in [-0.39, 0.29) is 0 Å². The van der Waals surface area contributed by atoms with E-state index in [1.54, 1.807) is 6.08 Å². The maximum Gasteiger partial charge on any atom is 0.0859 e. The van der Waals surface area contributed by atoms with Gasteiger partial charge < -0.3 is 5.11 Å². The first-order chi connectivity index (χ1) is 7.27. The normalized spacial score (nSPS) is 30.2. The van der Waals surface area contributed by atoms with Gasteiger partial charge in [-0.15, -0.1) is 6.58 Å². The minimum atomic E-state index is -0.657. The Labute approximate surface area is 93.9 Å².